The molecule has 0 unspecified atom stereocenters. The molecule has 2 aromatic carbocycles. The average molecular weight is 254 g/mol. The quantitative estimate of drug-likeness (QED) is 0.680. The lowest BCUT2D eigenvalue weighted by molar-refractivity contribution is 0.101. The van der Waals surface area contributed by atoms with Crippen molar-refractivity contribution in [3.05, 3.63) is 47.0 Å². The largest absolute Gasteiger partial charge is 0.295 e. The Labute approximate surface area is 115 Å². The fourth-order valence-corrected chi connectivity index (χ4v) is 2.55. The van der Waals surface area contributed by atoms with Gasteiger partial charge in [0, 0.05) is 5.56 Å². The SMILES string of the molecule is CC(=O)c1ccc2cc(C(C)C)c(C(C)C)cc2c1. The lowest BCUT2D eigenvalue weighted by Gasteiger charge is -2.17. The maximum absolute atomic E-state index is 11.5. The van der Waals surface area contributed by atoms with E-state index in [-0.39, 0.29) is 5.78 Å². The van der Waals surface area contributed by atoms with Gasteiger partial charge in [-0.05, 0) is 46.7 Å². The van der Waals surface area contributed by atoms with E-state index in [0.717, 1.165) is 5.56 Å². The van der Waals surface area contributed by atoms with Gasteiger partial charge in [-0.1, -0.05) is 52.0 Å². The summed E-state index contributed by atoms with van der Waals surface area (Å²) in [5.74, 6) is 1.15. The molecule has 0 radical (unpaired) electrons. The van der Waals surface area contributed by atoms with E-state index in [1.54, 1.807) is 6.92 Å². The Balaban J connectivity index is 2.70. The number of carbonyl (C=O) groups is 1. The highest BCUT2D eigenvalue weighted by Gasteiger charge is 2.12. The van der Waals surface area contributed by atoms with Crippen molar-refractivity contribution in [1.82, 2.24) is 0 Å². The van der Waals surface area contributed by atoms with E-state index in [9.17, 15) is 4.79 Å². The van der Waals surface area contributed by atoms with E-state index in [4.69, 9.17) is 0 Å². The second kappa shape index (κ2) is 5.16. The van der Waals surface area contributed by atoms with E-state index in [2.05, 4.69) is 45.9 Å². The van der Waals surface area contributed by atoms with E-state index < -0.39 is 0 Å². The van der Waals surface area contributed by atoms with E-state index >= 15 is 0 Å². The zero-order valence-electron chi connectivity index (χ0n) is 12.4. The summed E-state index contributed by atoms with van der Waals surface area (Å²) >= 11 is 0. The highest BCUT2D eigenvalue weighted by Crippen LogP contribution is 2.31. The summed E-state index contributed by atoms with van der Waals surface area (Å²) in [4.78, 5) is 11.5. The molecular weight excluding hydrogens is 232 g/mol. The third kappa shape index (κ3) is 2.70. The minimum Gasteiger partial charge on any atom is -0.295 e. The van der Waals surface area contributed by atoms with Crippen LogP contribution in [0.3, 0.4) is 0 Å². The predicted octanol–water partition coefficient (Wildman–Crippen LogP) is 5.29. The predicted molar refractivity (Wildman–Crippen MR) is 82.1 cm³/mol. The van der Waals surface area contributed by atoms with Crippen LogP contribution in [0.25, 0.3) is 10.8 Å². The zero-order valence-corrected chi connectivity index (χ0v) is 12.4. The standard InChI is InChI=1S/C18H22O/c1-11(2)17-9-15-7-6-14(13(5)19)8-16(15)10-18(17)12(3)4/h6-12H,1-5H3. The third-order valence-electron chi connectivity index (χ3n) is 3.69. The van der Waals surface area contributed by atoms with Crippen LogP contribution in [0.2, 0.25) is 0 Å². The number of benzene rings is 2. The van der Waals surface area contributed by atoms with Gasteiger partial charge in [0.2, 0.25) is 0 Å². The van der Waals surface area contributed by atoms with Crippen molar-refractivity contribution in [3.63, 3.8) is 0 Å². The molecule has 0 N–H and O–H groups in total. The molecule has 0 atom stereocenters. The lowest BCUT2D eigenvalue weighted by Crippen LogP contribution is -1.99. The number of carbonyl (C=O) groups excluding carboxylic acids is 1. The van der Waals surface area contributed by atoms with Crippen molar-refractivity contribution >= 4 is 16.6 Å². The van der Waals surface area contributed by atoms with Crippen LogP contribution < -0.4 is 0 Å². The number of fused-ring (bicyclic) bond motifs is 1. The first kappa shape index (κ1) is 13.8. The van der Waals surface area contributed by atoms with E-state index in [1.165, 1.54) is 21.9 Å². The summed E-state index contributed by atoms with van der Waals surface area (Å²) in [6, 6.07) is 10.5. The van der Waals surface area contributed by atoms with Gasteiger partial charge in [0.15, 0.2) is 5.78 Å². The van der Waals surface area contributed by atoms with Crippen LogP contribution in [0.4, 0.5) is 0 Å². The molecule has 0 aromatic heterocycles. The van der Waals surface area contributed by atoms with Crippen molar-refractivity contribution < 1.29 is 4.79 Å². The Morgan fingerprint density at radius 2 is 1.37 bits per heavy atom. The van der Waals surface area contributed by atoms with Gasteiger partial charge in [0.1, 0.15) is 0 Å². The summed E-state index contributed by atoms with van der Waals surface area (Å²) < 4.78 is 0. The second-order valence-corrected chi connectivity index (χ2v) is 5.91. The first-order valence-electron chi connectivity index (χ1n) is 6.98. The van der Waals surface area contributed by atoms with Crippen LogP contribution in [-0.4, -0.2) is 5.78 Å². The van der Waals surface area contributed by atoms with Gasteiger partial charge in [-0.2, -0.15) is 0 Å². The molecule has 0 aliphatic rings. The third-order valence-corrected chi connectivity index (χ3v) is 3.69. The molecule has 2 rings (SSSR count). The van der Waals surface area contributed by atoms with Gasteiger partial charge < -0.3 is 0 Å². The molecule has 1 heteroatoms. The maximum Gasteiger partial charge on any atom is 0.159 e. The van der Waals surface area contributed by atoms with Crippen molar-refractivity contribution in [3.8, 4) is 0 Å². The molecule has 100 valence electrons. The van der Waals surface area contributed by atoms with E-state index in [0.29, 0.717) is 11.8 Å². The minimum absolute atomic E-state index is 0.126. The van der Waals surface area contributed by atoms with Gasteiger partial charge >= 0.3 is 0 Å². The maximum atomic E-state index is 11.5. The monoisotopic (exact) mass is 254 g/mol. The van der Waals surface area contributed by atoms with Crippen LogP contribution in [0.5, 0.6) is 0 Å². The van der Waals surface area contributed by atoms with Crippen LogP contribution in [0.1, 0.15) is 67.9 Å². The summed E-state index contributed by atoms with van der Waals surface area (Å²) in [5.41, 5.74) is 3.60. The number of ketones is 1. The zero-order chi connectivity index (χ0) is 14.2. The van der Waals surface area contributed by atoms with Crippen molar-refractivity contribution in [2.45, 2.75) is 46.5 Å². The Bertz CT molecular complexity index is 621. The highest BCUT2D eigenvalue weighted by molar-refractivity contribution is 5.98. The fourth-order valence-electron chi connectivity index (χ4n) is 2.55. The van der Waals surface area contributed by atoms with E-state index in [1.807, 2.05) is 12.1 Å². The van der Waals surface area contributed by atoms with Crippen LogP contribution in [0, 0.1) is 0 Å². The molecular formula is C18H22O. The topological polar surface area (TPSA) is 17.1 Å². The summed E-state index contributed by atoms with van der Waals surface area (Å²) in [7, 11) is 0. The molecule has 0 heterocycles. The summed E-state index contributed by atoms with van der Waals surface area (Å²) in [5, 5.41) is 2.39. The summed E-state index contributed by atoms with van der Waals surface area (Å²) in [6.45, 7) is 10.5. The molecule has 0 bridgehead atoms. The van der Waals surface area contributed by atoms with Crippen molar-refractivity contribution in [2.24, 2.45) is 0 Å². The molecule has 0 saturated heterocycles. The first-order valence-corrected chi connectivity index (χ1v) is 6.98. The van der Waals surface area contributed by atoms with Crippen molar-refractivity contribution in [1.29, 1.82) is 0 Å². The smallest absolute Gasteiger partial charge is 0.159 e. The molecule has 0 spiro atoms. The molecule has 0 aliphatic heterocycles. The first-order chi connectivity index (χ1) is 8.90. The molecule has 0 fully saturated rings. The Morgan fingerprint density at radius 1 is 0.842 bits per heavy atom. The lowest BCUT2D eigenvalue weighted by atomic mass is 9.87. The van der Waals surface area contributed by atoms with Gasteiger partial charge in [-0.15, -0.1) is 0 Å². The molecule has 0 aliphatic carbocycles. The molecule has 0 saturated carbocycles. The van der Waals surface area contributed by atoms with Crippen LogP contribution >= 0.6 is 0 Å². The van der Waals surface area contributed by atoms with Crippen LogP contribution in [0.15, 0.2) is 30.3 Å². The van der Waals surface area contributed by atoms with Crippen LogP contribution in [-0.2, 0) is 0 Å². The number of hydrogen-bond acceptors (Lipinski definition) is 1. The van der Waals surface area contributed by atoms with Gasteiger partial charge in [-0.25, -0.2) is 0 Å². The number of hydrogen-bond donors (Lipinski definition) is 0. The number of rotatable bonds is 3. The van der Waals surface area contributed by atoms with Gasteiger partial charge in [0.25, 0.3) is 0 Å². The van der Waals surface area contributed by atoms with Crippen molar-refractivity contribution in [2.75, 3.05) is 0 Å². The normalized spacial score (nSPS) is 11.5. The average Bonchev–Trinajstić information content (AvgIpc) is 2.36. The molecule has 1 nitrogen and oxygen atoms in total. The second-order valence-electron chi connectivity index (χ2n) is 5.91. The number of Topliss-reactive ketones (excluding diaryl/α,β-unsaturated/α-hetero) is 1. The minimum atomic E-state index is 0.126. The fraction of sp³-hybridized carbons (Fsp3) is 0.389. The molecule has 19 heavy (non-hydrogen) atoms. The Kier molecular flexibility index (Phi) is 3.75. The Hall–Kier alpha value is -1.63. The Morgan fingerprint density at radius 3 is 1.84 bits per heavy atom. The molecule has 0 amide bonds. The van der Waals surface area contributed by atoms with Gasteiger partial charge in [0.05, 0.1) is 0 Å². The molecule has 2 aromatic rings. The highest BCUT2D eigenvalue weighted by atomic mass is 16.1. The van der Waals surface area contributed by atoms with Gasteiger partial charge in [-0.3, -0.25) is 4.79 Å². The summed E-state index contributed by atoms with van der Waals surface area (Å²) in [6.07, 6.45) is 0.